The summed E-state index contributed by atoms with van der Waals surface area (Å²) in [6, 6.07) is 7.20. The largest absolute Gasteiger partial charge is 0.444 e. The molecule has 1 amide bonds. The fourth-order valence-corrected chi connectivity index (χ4v) is 1.96. The summed E-state index contributed by atoms with van der Waals surface area (Å²) in [6.07, 6.45) is 2.63. The van der Waals surface area contributed by atoms with E-state index in [0.29, 0.717) is 23.2 Å². The van der Waals surface area contributed by atoms with Crippen LogP contribution in [-0.2, 0) is 11.2 Å². The number of hydrogen-bond acceptors (Lipinski definition) is 4. The minimum absolute atomic E-state index is 0.0536. The van der Waals surface area contributed by atoms with E-state index in [1.807, 2.05) is 19.2 Å². The summed E-state index contributed by atoms with van der Waals surface area (Å²) in [5.41, 5.74) is 1.45. The van der Waals surface area contributed by atoms with Crippen LogP contribution >= 0.6 is 11.6 Å². The Morgan fingerprint density at radius 3 is 2.76 bits per heavy atom. The third-order valence-corrected chi connectivity index (χ3v) is 3.16. The van der Waals surface area contributed by atoms with Crippen LogP contribution in [0.25, 0.3) is 11.5 Å². The molecule has 2 aromatic rings. The van der Waals surface area contributed by atoms with Crippen LogP contribution < -0.4 is 10.6 Å². The van der Waals surface area contributed by atoms with Gasteiger partial charge in [-0.3, -0.25) is 4.79 Å². The molecular weight excluding hydrogens is 290 g/mol. The van der Waals surface area contributed by atoms with Gasteiger partial charge >= 0.3 is 0 Å². The number of benzene rings is 1. The van der Waals surface area contributed by atoms with Gasteiger partial charge in [-0.15, -0.1) is 0 Å². The Morgan fingerprint density at radius 2 is 2.05 bits per heavy atom. The number of halogens is 1. The van der Waals surface area contributed by atoms with E-state index in [-0.39, 0.29) is 12.3 Å². The zero-order valence-corrected chi connectivity index (χ0v) is 12.6. The van der Waals surface area contributed by atoms with Crippen LogP contribution in [0.3, 0.4) is 0 Å². The average Bonchev–Trinajstić information content (AvgIpc) is 2.93. The molecular formula is C15H18ClN3O2. The number of rotatable bonds is 7. The fourth-order valence-electron chi connectivity index (χ4n) is 1.83. The highest BCUT2D eigenvalue weighted by molar-refractivity contribution is 6.30. The topological polar surface area (TPSA) is 67.2 Å². The lowest BCUT2D eigenvalue weighted by Crippen LogP contribution is -2.28. The molecule has 21 heavy (non-hydrogen) atoms. The van der Waals surface area contributed by atoms with Gasteiger partial charge in [0.15, 0.2) is 0 Å². The molecule has 0 spiro atoms. The highest BCUT2D eigenvalue weighted by atomic mass is 35.5. The van der Waals surface area contributed by atoms with Crippen LogP contribution in [0.15, 0.2) is 34.9 Å². The van der Waals surface area contributed by atoms with Crippen LogP contribution in [0.1, 0.15) is 12.1 Å². The Bertz CT molecular complexity index is 581. The molecule has 1 aromatic carbocycles. The summed E-state index contributed by atoms with van der Waals surface area (Å²) < 4.78 is 5.39. The molecule has 0 bridgehead atoms. The highest BCUT2D eigenvalue weighted by Crippen LogP contribution is 2.20. The molecule has 0 aliphatic rings. The molecule has 6 heteroatoms. The molecule has 0 unspecified atom stereocenters. The predicted octanol–water partition coefficient (Wildman–Crippen LogP) is 2.26. The maximum atomic E-state index is 11.7. The number of nitrogens with zero attached hydrogens (tertiary/aromatic N) is 1. The van der Waals surface area contributed by atoms with Gasteiger partial charge in [0, 0.05) is 17.1 Å². The van der Waals surface area contributed by atoms with Gasteiger partial charge in [0.25, 0.3) is 0 Å². The first-order valence-electron chi connectivity index (χ1n) is 6.80. The van der Waals surface area contributed by atoms with E-state index in [1.165, 1.54) is 6.26 Å². The number of nitrogens with one attached hydrogen (secondary N) is 2. The number of aromatic nitrogens is 1. The van der Waals surface area contributed by atoms with E-state index in [9.17, 15) is 4.79 Å². The van der Waals surface area contributed by atoms with Crippen molar-refractivity contribution in [3.63, 3.8) is 0 Å². The minimum Gasteiger partial charge on any atom is -0.444 e. The number of carbonyl (C=O) groups is 1. The molecule has 0 aliphatic carbocycles. The Hall–Kier alpha value is -1.85. The molecule has 0 fully saturated rings. The zero-order valence-electron chi connectivity index (χ0n) is 11.9. The van der Waals surface area contributed by atoms with Crippen molar-refractivity contribution >= 4 is 17.5 Å². The van der Waals surface area contributed by atoms with Gasteiger partial charge in [-0.25, -0.2) is 4.98 Å². The third-order valence-electron chi connectivity index (χ3n) is 2.91. The third kappa shape index (κ3) is 4.88. The molecule has 0 radical (unpaired) electrons. The van der Waals surface area contributed by atoms with Crippen LogP contribution in [0.4, 0.5) is 0 Å². The molecule has 0 saturated heterocycles. The summed E-state index contributed by atoms with van der Waals surface area (Å²) in [7, 11) is 1.88. The lowest BCUT2D eigenvalue weighted by molar-refractivity contribution is -0.120. The van der Waals surface area contributed by atoms with Crippen molar-refractivity contribution in [2.75, 3.05) is 20.1 Å². The molecule has 1 heterocycles. The second-order valence-electron chi connectivity index (χ2n) is 4.63. The van der Waals surface area contributed by atoms with Crippen molar-refractivity contribution in [3.05, 3.63) is 41.2 Å². The first kappa shape index (κ1) is 15.5. The highest BCUT2D eigenvalue weighted by Gasteiger charge is 2.10. The molecule has 2 rings (SSSR count). The van der Waals surface area contributed by atoms with Crippen LogP contribution in [0, 0.1) is 0 Å². The maximum absolute atomic E-state index is 11.7. The monoisotopic (exact) mass is 307 g/mol. The van der Waals surface area contributed by atoms with Gasteiger partial charge in [0.05, 0.1) is 12.1 Å². The first-order valence-corrected chi connectivity index (χ1v) is 7.18. The molecule has 5 nitrogen and oxygen atoms in total. The minimum atomic E-state index is -0.0536. The van der Waals surface area contributed by atoms with E-state index in [4.69, 9.17) is 16.0 Å². The summed E-state index contributed by atoms with van der Waals surface area (Å²) in [4.78, 5) is 16.0. The van der Waals surface area contributed by atoms with Gasteiger partial charge < -0.3 is 15.1 Å². The Kier molecular flexibility index (Phi) is 5.78. The van der Waals surface area contributed by atoms with Crippen LogP contribution in [0.2, 0.25) is 5.02 Å². The Labute approximate surface area is 128 Å². The fraction of sp³-hybridized carbons (Fsp3) is 0.333. The molecule has 0 aliphatic heterocycles. The molecule has 112 valence electrons. The van der Waals surface area contributed by atoms with E-state index in [2.05, 4.69) is 15.6 Å². The maximum Gasteiger partial charge on any atom is 0.226 e. The van der Waals surface area contributed by atoms with Crippen molar-refractivity contribution in [2.24, 2.45) is 0 Å². The van der Waals surface area contributed by atoms with Crippen molar-refractivity contribution in [1.29, 1.82) is 0 Å². The van der Waals surface area contributed by atoms with Crippen molar-refractivity contribution in [2.45, 2.75) is 12.8 Å². The van der Waals surface area contributed by atoms with Crippen molar-refractivity contribution in [1.82, 2.24) is 15.6 Å². The van der Waals surface area contributed by atoms with E-state index >= 15 is 0 Å². The van der Waals surface area contributed by atoms with Crippen LogP contribution in [0.5, 0.6) is 0 Å². The average molecular weight is 308 g/mol. The summed E-state index contributed by atoms with van der Waals surface area (Å²) in [5, 5.41) is 6.53. The van der Waals surface area contributed by atoms with Crippen molar-refractivity contribution < 1.29 is 9.21 Å². The second-order valence-corrected chi connectivity index (χ2v) is 5.07. The lowest BCUT2D eigenvalue weighted by Gasteiger charge is -2.02. The number of amides is 1. The Balaban J connectivity index is 1.88. The van der Waals surface area contributed by atoms with Gasteiger partial charge in [0.2, 0.25) is 11.8 Å². The summed E-state index contributed by atoms with van der Waals surface area (Å²) in [5.74, 6) is 0.437. The normalized spacial score (nSPS) is 10.6. The summed E-state index contributed by atoms with van der Waals surface area (Å²) in [6.45, 7) is 1.53. The van der Waals surface area contributed by atoms with E-state index in [0.717, 1.165) is 18.5 Å². The second kappa shape index (κ2) is 7.81. The smallest absolute Gasteiger partial charge is 0.226 e. The Morgan fingerprint density at radius 1 is 1.29 bits per heavy atom. The molecule has 0 atom stereocenters. The SMILES string of the molecule is CNCCCNC(=O)Cc1coc(-c2ccc(Cl)cc2)n1. The van der Waals surface area contributed by atoms with E-state index < -0.39 is 0 Å². The number of oxazole rings is 1. The van der Waals surface area contributed by atoms with E-state index in [1.54, 1.807) is 12.1 Å². The number of carbonyl (C=O) groups excluding carboxylic acids is 1. The quantitative estimate of drug-likeness (QED) is 0.770. The van der Waals surface area contributed by atoms with Gasteiger partial charge in [0.1, 0.15) is 6.26 Å². The predicted molar refractivity (Wildman–Crippen MR) is 82.2 cm³/mol. The van der Waals surface area contributed by atoms with Crippen molar-refractivity contribution in [3.8, 4) is 11.5 Å². The summed E-state index contributed by atoms with van der Waals surface area (Å²) >= 11 is 5.84. The zero-order chi connectivity index (χ0) is 15.1. The van der Waals surface area contributed by atoms with Crippen LogP contribution in [-0.4, -0.2) is 31.0 Å². The lowest BCUT2D eigenvalue weighted by atomic mass is 10.2. The van der Waals surface area contributed by atoms with Gasteiger partial charge in [-0.1, -0.05) is 11.6 Å². The standard InChI is InChI=1S/C15H18ClN3O2/c1-17-7-2-8-18-14(20)9-13-10-21-15(19-13)11-3-5-12(16)6-4-11/h3-6,10,17H,2,7-9H2,1H3,(H,18,20). The molecule has 1 aromatic heterocycles. The van der Waals surface area contributed by atoms with Gasteiger partial charge in [-0.2, -0.15) is 0 Å². The molecule has 2 N–H and O–H groups in total. The molecule has 0 saturated carbocycles. The first-order chi connectivity index (χ1) is 10.2. The van der Waals surface area contributed by atoms with Gasteiger partial charge in [-0.05, 0) is 44.3 Å². The number of hydrogen-bond donors (Lipinski definition) is 2.